The first-order chi connectivity index (χ1) is 14.1. The first kappa shape index (κ1) is 19.6. The average molecular weight is 402 g/mol. The fraction of sp³-hybridized carbons (Fsp3) is 0.600. The Morgan fingerprint density at radius 3 is 2.66 bits per heavy atom. The van der Waals surface area contributed by atoms with Crippen molar-refractivity contribution >= 4 is 11.9 Å². The summed E-state index contributed by atoms with van der Waals surface area (Å²) in [6.07, 6.45) is 8.27. The van der Waals surface area contributed by atoms with Gasteiger partial charge in [0.2, 0.25) is 17.7 Å². The van der Waals surface area contributed by atoms with Crippen molar-refractivity contribution in [3.63, 3.8) is 0 Å². The fourth-order valence-corrected chi connectivity index (χ4v) is 4.39. The number of piperidine rings is 1. The molecule has 0 spiro atoms. The number of aromatic amines is 1. The molecule has 1 aliphatic carbocycles. The van der Waals surface area contributed by atoms with Gasteiger partial charge in [0.25, 0.3) is 5.88 Å². The molecule has 3 heterocycles. The number of amides is 1. The second kappa shape index (κ2) is 8.75. The second-order valence-electron chi connectivity index (χ2n) is 7.86. The van der Waals surface area contributed by atoms with Gasteiger partial charge in [0.05, 0.1) is 13.3 Å². The van der Waals surface area contributed by atoms with E-state index >= 15 is 0 Å². The summed E-state index contributed by atoms with van der Waals surface area (Å²) in [7, 11) is 1.38. The number of H-pyrrole nitrogens is 1. The molecule has 1 amide bonds. The Kier molecular flexibility index (Phi) is 5.92. The number of carbonyl (C=O) groups excluding carboxylic acids is 1. The summed E-state index contributed by atoms with van der Waals surface area (Å²) < 4.78 is 18.3. The van der Waals surface area contributed by atoms with Crippen LogP contribution in [0, 0.1) is 11.7 Å². The van der Waals surface area contributed by atoms with Gasteiger partial charge in [-0.05, 0) is 44.6 Å². The van der Waals surface area contributed by atoms with E-state index in [1.54, 1.807) is 6.20 Å². The smallest absolute Gasteiger partial charge is 0.255 e. The summed E-state index contributed by atoms with van der Waals surface area (Å²) in [5.41, 5.74) is 1.17. The van der Waals surface area contributed by atoms with Crippen molar-refractivity contribution < 1.29 is 13.9 Å². The molecular weight excluding hydrogens is 375 g/mol. The van der Waals surface area contributed by atoms with Crippen molar-refractivity contribution in [2.24, 2.45) is 5.92 Å². The van der Waals surface area contributed by atoms with Crippen molar-refractivity contribution in [2.45, 2.75) is 50.5 Å². The number of nitrogens with one attached hydrogen (secondary N) is 2. The Morgan fingerprint density at radius 1 is 1.24 bits per heavy atom. The SMILES string of the molecule is COc1nc(NC2CCC(C(=O)N3CCC(c4ccn[nH]4)CC3)CC2)ncc1F. The molecule has 0 aromatic carbocycles. The molecule has 0 unspecified atom stereocenters. The topological polar surface area (TPSA) is 96.0 Å². The van der Waals surface area contributed by atoms with E-state index in [0.29, 0.717) is 11.9 Å². The van der Waals surface area contributed by atoms with Crippen LogP contribution in [0.5, 0.6) is 5.88 Å². The van der Waals surface area contributed by atoms with E-state index in [9.17, 15) is 9.18 Å². The molecule has 2 aromatic rings. The maximum atomic E-state index is 13.4. The van der Waals surface area contributed by atoms with E-state index in [4.69, 9.17) is 4.74 Å². The highest BCUT2D eigenvalue weighted by molar-refractivity contribution is 5.79. The van der Waals surface area contributed by atoms with Crippen molar-refractivity contribution in [1.29, 1.82) is 0 Å². The zero-order valence-corrected chi connectivity index (χ0v) is 16.6. The zero-order chi connectivity index (χ0) is 20.2. The quantitative estimate of drug-likeness (QED) is 0.798. The van der Waals surface area contributed by atoms with Gasteiger partial charge in [-0.3, -0.25) is 9.89 Å². The van der Waals surface area contributed by atoms with Crippen LogP contribution >= 0.6 is 0 Å². The maximum absolute atomic E-state index is 13.4. The maximum Gasteiger partial charge on any atom is 0.255 e. The van der Waals surface area contributed by atoms with Gasteiger partial charge in [-0.2, -0.15) is 14.5 Å². The third-order valence-electron chi connectivity index (χ3n) is 6.08. The van der Waals surface area contributed by atoms with Crippen LogP contribution in [0.2, 0.25) is 0 Å². The number of hydrogen-bond acceptors (Lipinski definition) is 6. The molecule has 2 aliphatic rings. The van der Waals surface area contributed by atoms with E-state index in [-0.39, 0.29) is 23.7 Å². The summed E-state index contributed by atoms with van der Waals surface area (Å²) >= 11 is 0. The predicted molar refractivity (Wildman–Crippen MR) is 105 cm³/mol. The molecule has 0 atom stereocenters. The number of nitrogens with zero attached hydrogens (tertiary/aromatic N) is 4. The molecule has 156 valence electrons. The summed E-state index contributed by atoms with van der Waals surface area (Å²) in [6.45, 7) is 1.62. The van der Waals surface area contributed by atoms with Crippen molar-refractivity contribution in [3.05, 3.63) is 30.0 Å². The Hall–Kier alpha value is -2.71. The third-order valence-corrected chi connectivity index (χ3v) is 6.08. The number of halogens is 1. The number of ether oxygens (including phenoxy) is 1. The average Bonchev–Trinajstić information content (AvgIpc) is 3.30. The number of hydrogen-bond donors (Lipinski definition) is 2. The second-order valence-corrected chi connectivity index (χ2v) is 7.86. The van der Waals surface area contributed by atoms with Crippen molar-refractivity contribution in [2.75, 3.05) is 25.5 Å². The molecule has 9 heteroatoms. The molecule has 1 saturated carbocycles. The van der Waals surface area contributed by atoms with Crippen LogP contribution < -0.4 is 10.1 Å². The van der Waals surface area contributed by atoms with Crippen LogP contribution in [-0.2, 0) is 4.79 Å². The highest BCUT2D eigenvalue weighted by atomic mass is 19.1. The van der Waals surface area contributed by atoms with Gasteiger partial charge in [0, 0.05) is 42.9 Å². The highest BCUT2D eigenvalue weighted by Crippen LogP contribution is 2.31. The molecule has 8 nitrogen and oxygen atoms in total. The summed E-state index contributed by atoms with van der Waals surface area (Å²) in [5.74, 6) is 0.549. The van der Waals surface area contributed by atoms with Gasteiger partial charge in [-0.1, -0.05) is 0 Å². The number of likely N-dealkylation sites (tertiary alicyclic amines) is 1. The van der Waals surface area contributed by atoms with Gasteiger partial charge in [0.15, 0.2) is 0 Å². The largest absolute Gasteiger partial charge is 0.479 e. The summed E-state index contributed by atoms with van der Waals surface area (Å²) in [4.78, 5) is 23.0. The lowest BCUT2D eigenvalue weighted by atomic mass is 9.84. The van der Waals surface area contributed by atoms with Crippen molar-refractivity contribution in [1.82, 2.24) is 25.1 Å². The number of carbonyl (C=O) groups is 1. The normalized spacial score (nSPS) is 23.0. The lowest BCUT2D eigenvalue weighted by Gasteiger charge is -2.36. The molecule has 2 N–H and O–H groups in total. The Morgan fingerprint density at radius 2 is 2.00 bits per heavy atom. The highest BCUT2D eigenvalue weighted by Gasteiger charge is 2.32. The Labute approximate surface area is 169 Å². The molecule has 1 saturated heterocycles. The van der Waals surface area contributed by atoms with E-state index in [0.717, 1.165) is 57.8 Å². The van der Waals surface area contributed by atoms with Gasteiger partial charge in [-0.25, -0.2) is 4.98 Å². The third kappa shape index (κ3) is 4.49. The predicted octanol–water partition coefficient (Wildman–Crippen LogP) is 2.72. The Bertz CT molecular complexity index is 814. The van der Waals surface area contributed by atoms with E-state index in [1.165, 1.54) is 12.8 Å². The van der Waals surface area contributed by atoms with E-state index in [2.05, 4.69) is 25.5 Å². The molecule has 1 aliphatic heterocycles. The number of methoxy groups -OCH3 is 1. The zero-order valence-electron chi connectivity index (χ0n) is 16.6. The van der Waals surface area contributed by atoms with Gasteiger partial charge in [-0.15, -0.1) is 0 Å². The lowest BCUT2D eigenvalue weighted by molar-refractivity contribution is -0.137. The van der Waals surface area contributed by atoms with Gasteiger partial charge >= 0.3 is 0 Å². The van der Waals surface area contributed by atoms with E-state index in [1.807, 2.05) is 11.0 Å². The number of aromatic nitrogens is 4. The first-order valence-electron chi connectivity index (χ1n) is 10.2. The standard InChI is InChI=1S/C20H27FN6O2/c1-29-18-16(21)12-22-20(25-18)24-15-4-2-14(3-5-15)19(28)27-10-7-13(8-11-27)17-6-9-23-26-17/h6,9,12-15H,2-5,7-8,10-11H2,1H3,(H,23,26)(H,22,24,25). The van der Waals surface area contributed by atoms with Crippen LogP contribution in [0.3, 0.4) is 0 Å². The van der Waals surface area contributed by atoms with Crippen LogP contribution in [0.25, 0.3) is 0 Å². The fourth-order valence-electron chi connectivity index (χ4n) is 4.39. The van der Waals surface area contributed by atoms with Crippen LogP contribution in [0.15, 0.2) is 18.5 Å². The molecule has 29 heavy (non-hydrogen) atoms. The molecular formula is C20H27FN6O2. The molecule has 2 aromatic heterocycles. The molecule has 0 radical (unpaired) electrons. The van der Waals surface area contributed by atoms with Crippen molar-refractivity contribution in [3.8, 4) is 5.88 Å². The minimum atomic E-state index is -0.580. The van der Waals surface area contributed by atoms with E-state index < -0.39 is 5.82 Å². The molecule has 0 bridgehead atoms. The minimum Gasteiger partial charge on any atom is -0.479 e. The summed E-state index contributed by atoms with van der Waals surface area (Å²) in [6, 6.07) is 2.21. The molecule has 4 rings (SSSR count). The lowest BCUT2D eigenvalue weighted by Crippen LogP contribution is -2.43. The van der Waals surface area contributed by atoms with Crippen LogP contribution in [0.1, 0.15) is 50.1 Å². The Balaban J connectivity index is 1.25. The van der Waals surface area contributed by atoms with Gasteiger partial charge in [0.1, 0.15) is 0 Å². The summed E-state index contributed by atoms with van der Waals surface area (Å²) in [5, 5.41) is 10.3. The first-order valence-corrected chi connectivity index (χ1v) is 10.2. The van der Waals surface area contributed by atoms with Crippen LogP contribution in [0.4, 0.5) is 10.3 Å². The monoisotopic (exact) mass is 402 g/mol. The van der Waals surface area contributed by atoms with Gasteiger partial charge < -0.3 is 15.0 Å². The number of anilines is 1. The minimum absolute atomic E-state index is 0.0649. The molecule has 2 fully saturated rings. The number of rotatable bonds is 5. The van der Waals surface area contributed by atoms with Crippen LogP contribution in [-0.4, -0.2) is 57.2 Å².